The lowest BCUT2D eigenvalue weighted by molar-refractivity contribution is 0.438. The molecule has 1 aliphatic carbocycles. The van der Waals surface area contributed by atoms with Crippen LogP contribution in [-0.2, 0) is 0 Å². The summed E-state index contributed by atoms with van der Waals surface area (Å²) in [5.41, 5.74) is 2.47. The lowest BCUT2D eigenvalue weighted by Crippen LogP contribution is -2.30. The molecule has 2 rings (SSSR count). The molecule has 2 atom stereocenters. The first-order valence-electron chi connectivity index (χ1n) is 7.70. The highest BCUT2D eigenvalue weighted by molar-refractivity contribution is 5.30. The Morgan fingerprint density at radius 1 is 1.26 bits per heavy atom. The van der Waals surface area contributed by atoms with Crippen molar-refractivity contribution in [1.82, 2.24) is 5.32 Å². The average molecular weight is 263 g/mol. The maximum Gasteiger partial charge on any atom is 0.123 e. The van der Waals surface area contributed by atoms with E-state index >= 15 is 0 Å². The Kier molecular flexibility index (Phi) is 5.38. The minimum atomic E-state index is -0.0945. The highest BCUT2D eigenvalue weighted by atomic mass is 19.1. The molecule has 0 heterocycles. The van der Waals surface area contributed by atoms with E-state index in [4.69, 9.17) is 0 Å². The lowest BCUT2D eigenvalue weighted by atomic mass is 9.87. The van der Waals surface area contributed by atoms with Crippen molar-refractivity contribution in [3.05, 3.63) is 35.1 Å². The van der Waals surface area contributed by atoms with E-state index in [9.17, 15) is 4.39 Å². The molecule has 0 amide bonds. The SMILES string of the molecule is CCCNC1CCCCC(c2cc(F)ccc2C)C1. The Hall–Kier alpha value is -0.890. The topological polar surface area (TPSA) is 12.0 Å². The summed E-state index contributed by atoms with van der Waals surface area (Å²) >= 11 is 0. The van der Waals surface area contributed by atoms with E-state index in [1.807, 2.05) is 6.07 Å². The Bertz CT molecular complexity index is 402. The highest BCUT2D eigenvalue weighted by Gasteiger charge is 2.22. The van der Waals surface area contributed by atoms with Crippen molar-refractivity contribution < 1.29 is 4.39 Å². The normalized spacial score (nSPS) is 24.2. The van der Waals surface area contributed by atoms with Crippen molar-refractivity contribution in [2.45, 2.75) is 64.3 Å². The molecule has 1 aromatic carbocycles. The second-order valence-corrected chi connectivity index (χ2v) is 5.87. The van der Waals surface area contributed by atoms with Gasteiger partial charge >= 0.3 is 0 Å². The Labute approximate surface area is 116 Å². The van der Waals surface area contributed by atoms with Gasteiger partial charge in [-0.25, -0.2) is 4.39 Å². The molecule has 1 N–H and O–H groups in total. The summed E-state index contributed by atoms with van der Waals surface area (Å²) in [7, 11) is 0. The largest absolute Gasteiger partial charge is 0.314 e. The molecule has 0 aliphatic heterocycles. The van der Waals surface area contributed by atoms with E-state index in [0.29, 0.717) is 12.0 Å². The van der Waals surface area contributed by atoms with Gasteiger partial charge in [0, 0.05) is 6.04 Å². The van der Waals surface area contributed by atoms with E-state index in [-0.39, 0.29) is 5.82 Å². The van der Waals surface area contributed by atoms with Gasteiger partial charge in [-0.3, -0.25) is 0 Å². The van der Waals surface area contributed by atoms with E-state index < -0.39 is 0 Å². The first-order chi connectivity index (χ1) is 9.20. The molecule has 106 valence electrons. The summed E-state index contributed by atoms with van der Waals surface area (Å²) in [6, 6.07) is 5.85. The molecule has 2 unspecified atom stereocenters. The molecule has 19 heavy (non-hydrogen) atoms. The first-order valence-corrected chi connectivity index (χ1v) is 7.70. The van der Waals surface area contributed by atoms with Crippen LogP contribution in [0, 0.1) is 12.7 Å². The highest BCUT2D eigenvalue weighted by Crippen LogP contribution is 2.33. The molecule has 1 saturated carbocycles. The second-order valence-electron chi connectivity index (χ2n) is 5.87. The molecule has 0 bridgehead atoms. The second kappa shape index (κ2) is 7.04. The summed E-state index contributed by atoms with van der Waals surface area (Å²) in [5.74, 6) is 0.426. The number of nitrogens with one attached hydrogen (secondary N) is 1. The third-order valence-corrected chi connectivity index (χ3v) is 4.29. The summed E-state index contributed by atoms with van der Waals surface area (Å²) < 4.78 is 13.5. The van der Waals surface area contributed by atoms with Gasteiger partial charge in [0.1, 0.15) is 5.82 Å². The Balaban J connectivity index is 2.10. The van der Waals surface area contributed by atoms with Gasteiger partial charge in [0.2, 0.25) is 0 Å². The van der Waals surface area contributed by atoms with E-state index in [0.717, 1.165) is 13.0 Å². The number of benzene rings is 1. The van der Waals surface area contributed by atoms with Crippen molar-refractivity contribution >= 4 is 0 Å². The van der Waals surface area contributed by atoms with Gasteiger partial charge in [-0.05, 0) is 68.3 Å². The van der Waals surface area contributed by atoms with E-state index in [2.05, 4.69) is 19.2 Å². The van der Waals surface area contributed by atoms with E-state index in [1.54, 1.807) is 12.1 Å². The maximum absolute atomic E-state index is 13.5. The fourth-order valence-electron chi connectivity index (χ4n) is 3.23. The van der Waals surface area contributed by atoms with Crippen LogP contribution in [0.3, 0.4) is 0 Å². The van der Waals surface area contributed by atoms with Gasteiger partial charge in [-0.2, -0.15) is 0 Å². The molecule has 1 aromatic rings. The van der Waals surface area contributed by atoms with Gasteiger partial charge in [-0.15, -0.1) is 0 Å². The van der Waals surface area contributed by atoms with Crippen LogP contribution in [0.4, 0.5) is 4.39 Å². The van der Waals surface area contributed by atoms with Crippen molar-refractivity contribution in [1.29, 1.82) is 0 Å². The minimum Gasteiger partial charge on any atom is -0.314 e. The van der Waals surface area contributed by atoms with Crippen LogP contribution in [0.5, 0.6) is 0 Å². The van der Waals surface area contributed by atoms with Crippen molar-refractivity contribution in [2.75, 3.05) is 6.54 Å². The third-order valence-electron chi connectivity index (χ3n) is 4.29. The lowest BCUT2D eigenvalue weighted by Gasteiger charge is -2.23. The van der Waals surface area contributed by atoms with Gasteiger partial charge < -0.3 is 5.32 Å². The third kappa shape index (κ3) is 4.04. The van der Waals surface area contributed by atoms with Crippen LogP contribution < -0.4 is 5.32 Å². The van der Waals surface area contributed by atoms with Crippen LogP contribution in [0.25, 0.3) is 0 Å². The average Bonchev–Trinajstić information content (AvgIpc) is 2.64. The molecule has 0 aromatic heterocycles. The van der Waals surface area contributed by atoms with E-state index in [1.165, 1.54) is 43.2 Å². The molecule has 1 nitrogen and oxygen atoms in total. The molecule has 0 radical (unpaired) electrons. The summed E-state index contributed by atoms with van der Waals surface area (Å²) in [6.45, 7) is 5.41. The fraction of sp³-hybridized carbons (Fsp3) is 0.647. The van der Waals surface area contributed by atoms with Crippen molar-refractivity contribution in [3.63, 3.8) is 0 Å². The van der Waals surface area contributed by atoms with Crippen LogP contribution >= 0.6 is 0 Å². The monoisotopic (exact) mass is 263 g/mol. The number of aryl methyl sites for hydroxylation is 1. The molecular weight excluding hydrogens is 237 g/mol. The zero-order valence-electron chi connectivity index (χ0n) is 12.2. The minimum absolute atomic E-state index is 0.0945. The van der Waals surface area contributed by atoms with Crippen molar-refractivity contribution in [2.24, 2.45) is 0 Å². The van der Waals surface area contributed by atoms with Gasteiger partial charge in [0.15, 0.2) is 0 Å². The number of halogens is 1. The zero-order valence-corrected chi connectivity index (χ0v) is 12.2. The fourth-order valence-corrected chi connectivity index (χ4v) is 3.23. The van der Waals surface area contributed by atoms with Crippen LogP contribution in [0.15, 0.2) is 18.2 Å². The summed E-state index contributed by atoms with van der Waals surface area (Å²) in [6.07, 6.45) is 7.38. The predicted octanol–water partition coefficient (Wildman–Crippen LogP) is 4.55. The van der Waals surface area contributed by atoms with Crippen molar-refractivity contribution in [3.8, 4) is 0 Å². The zero-order chi connectivity index (χ0) is 13.7. The van der Waals surface area contributed by atoms with Gasteiger partial charge in [-0.1, -0.05) is 25.8 Å². The number of hydrogen-bond donors (Lipinski definition) is 1. The predicted molar refractivity (Wildman–Crippen MR) is 79.0 cm³/mol. The van der Waals surface area contributed by atoms with Crippen LogP contribution in [0.1, 0.15) is 62.5 Å². The van der Waals surface area contributed by atoms with Crippen LogP contribution in [0.2, 0.25) is 0 Å². The van der Waals surface area contributed by atoms with Gasteiger partial charge in [0.05, 0.1) is 0 Å². The molecule has 2 heteroatoms. The first kappa shape index (κ1) is 14.5. The maximum atomic E-state index is 13.5. The Morgan fingerprint density at radius 2 is 2.05 bits per heavy atom. The quantitative estimate of drug-likeness (QED) is 0.786. The number of rotatable bonds is 4. The molecule has 0 spiro atoms. The molecular formula is C17H26FN. The van der Waals surface area contributed by atoms with Gasteiger partial charge in [0.25, 0.3) is 0 Å². The molecule has 1 fully saturated rings. The summed E-state index contributed by atoms with van der Waals surface area (Å²) in [5, 5.41) is 3.65. The molecule has 1 aliphatic rings. The summed E-state index contributed by atoms with van der Waals surface area (Å²) in [4.78, 5) is 0. The number of hydrogen-bond acceptors (Lipinski definition) is 1. The smallest absolute Gasteiger partial charge is 0.123 e. The molecule has 0 saturated heterocycles. The Morgan fingerprint density at radius 3 is 2.84 bits per heavy atom. The van der Waals surface area contributed by atoms with Crippen LogP contribution in [-0.4, -0.2) is 12.6 Å². The standard InChI is InChI=1S/C17H26FN/c1-3-10-19-16-7-5-4-6-14(11-16)17-12-15(18)9-8-13(17)2/h8-9,12,14,16,19H,3-7,10-11H2,1-2H3.